The van der Waals surface area contributed by atoms with Gasteiger partial charge in [-0.15, -0.1) is 0 Å². The van der Waals surface area contributed by atoms with Crippen LogP contribution in [-0.4, -0.2) is 9.50 Å². The predicted molar refractivity (Wildman–Crippen MR) is 43.5 cm³/mol. The fraction of sp³-hybridized carbons (Fsp3) is 0. The highest BCUT2D eigenvalue weighted by Crippen LogP contribution is 1.95. The fourth-order valence-corrected chi connectivity index (χ4v) is 0.946. The van der Waals surface area contributed by atoms with Gasteiger partial charge < -0.3 is 5.73 Å². The van der Waals surface area contributed by atoms with Crippen LogP contribution in [0.2, 0.25) is 0 Å². The van der Waals surface area contributed by atoms with Gasteiger partial charge >= 0.3 is 0 Å². The molecule has 0 saturated carbocycles. The van der Waals surface area contributed by atoms with Gasteiger partial charge in [0.2, 0.25) is 5.91 Å². The number of hydrogen-bond acceptors (Lipinski definition) is 2. The third kappa shape index (κ3) is 1.68. The molecule has 0 fully saturated rings. The van der Waals surface area contributed by atoms with Crippen LogP contribution in [0.15, 0.2) is 23.1 Å². The minimum atomic E-state index is -0.557. The van der Waals surface area contributed by atoms with Gasteiger partial charge in [-0.05, 0) is 6.07 Å². The zero-order valence-corrected chi connectivity index (χ0v) is 7.04. The van der Waals surface area contributed by atoms with Gasteiger partial charge in [0.1, 0.15) is 0 Å². The average molecular weight is 217 g/mol. The molecule has 0 aliphatic heterocycles. The molecule has 0 spiro atoms. The third-order valence-corrected chi connectivity index (χ3v) is 1.71. The van der Waals surface area contributed by atoms with Crippen molar-refractivity contribution in [2.45, 2.75) is 0 Å². The first-order valence-corrected chi connectivity index (χ1v) is 3.51. The van der Waals surface area contributed by atoms with Crippen LogP contribution in [0.4, 0.5) is 0 Å². The Labute approximate surface area is 71.0 Å². The first-order chi connectivity index (χ1) is 5.11. The normalized spacial score (nSPS) is 9.55. The second kappa shape index (κ2) is 2.87. The van der Waals surface area contributed by atoms with Crippen molar-refractivity contribution < 1.29 is 4.79 Å². The predicted octanol–water partition coefficient (Wildman–Crippen LogP) is 0.105. The summed E-state index contributed by atoms with van der Waals surface area (Å²) in [4.78, 5) is 21.3. The molecule has 5 heteroatoms. The number of rotatable bonds is 1. The number of hydrogen-bond donors (Lipinski definition) is 1. The smallest absolute Gasteiger partial charge is 0.260 e. The van der Waals surface area contributed by atoms with E-state index in [9.17, 15) is 9.59 Å². The molecule has 0 bridgehead atoms. The monoisotopic (exact) mass is 216 g/mol. The zero-order valence-electron chi connectivity index (χ0n) is 5.45. The van der Waals surface area contributed by atoms with Gasteiger partial charge in [0.25, 0.3) is 5.56 Å². The molecule has 0 radical (unpaired) electrons. The molecule has 0 unspecified atom stereocenters. The van der Waals surface area contributed by atoms with E-state index >= 15 is 0 Å². The highest BCUT2D eigenvalue weighted by molar-refractivity contribution is 9.08. The van der Waals surface area contributed by atoms with E-state index in [4.69, 9.17) is 5.73 Å². The van der Waals surface area contributed by atoms with Crippen LogP contribution in [0.1, 0.15) is 10.4 Å². The molecule has 1 amide bonds. The summed E-state index contributed by atoms with van der Waals surface area (Å²) in [5.41, 5.74) is 5.01. The minimum Gasteiger partial charge on any atom is -0.366 e. The van der Waals surface area contributed by atoms with Gasteiger partial charge in [-0.1, -0.05) is 0 Å². The Hall–Kier alpha value is -1.10. The Balaban J connectivity index is 3.26. The second-order valence-corrected chi connectivity index (χ2v) is 2.70. The maximum Gasteiger partial charge on any atom is 0.260 e. The van der Waals surface area contributed by atoms with Crippen LogP contribution >= 0.6 is 16.1 Å². The number of halogens is 1. The lowest BCUT2D eigenvalue weighted by atomic mass is 10.3. The van der Waals surface area contributed by atoms with Gasteiger partial charge in [0.15, 0.2) is 0 Å². The van der Waals surface area contributed by atoms with Crippen molar-refractivity contribution in [1.82, 2.24) is 3.59 Å². The van der Waals surface area contributed by atoms with E-state index in [1.165, 1.54) is 18.3 Å². The number of carbonyl (C=O) groups excluding carboxylic acids is 1. The van der Waals surface area contributed by atoms with Crippen molar-refractivity contribution in [3.8, 4) is 0 Å². The summed E-state index contributed by atoms with van der Waals surface area (Å²) in [5, 5.41) is 0. The van der Waals surface area contributed by atoms with Gasteiger partial charge in [-0.2, -0.15) is 0 Å². The van der Waals surface area contributed by atoms with Crippen LogP contribution in [0.5, 0.6) is 0 Å². The number of nitrogens with zero attached hydrogens (tertiary/aromatic N) is 1. The van der Waals surface area contributed by atoms with Crippen molar-refractivity contribution in [2.75, 3.05) is 0 Å². The summed E-state index contributed by atoms with van der Waals surface area (Å²) >= 11 is 2.91. The molecular formula is C6H5BrN2O2. The van der Waals surface area contributed by atoms with Crippen molar-refractivity contribution in [2.24, 2.45) is 5.73 Å². The number of nitrogens with two attached hydrogens (primary N) is 1. The highest BCUT2D eigenvalue weighted by Gasteiger charge is 2.00. The van der Waals surface area contributed by atoms with E-state index in [2.05, 4.69) is 16.1 Å². The van der Waals surface area contributed by atoms with E-state index in [0.29, 0.717) is 5.56 Å². The average Bonchev–Trinajstić information content (AvgIpc) is 1.94. The quantitative estimate of drug-likeness (QED) is 0.725. The number of pyridine rings is 1. The Kier molecular flexibility index (Phi) is 2.09. The van der Waals surface area contributed by atoms with Crippen LogP contribution in [0.25, 0.3) is 0 Å². The van der Waals surface area contributed by atoms with Crippen molar-refractivity contribution in [1.29, 1.82) is 0 Å². The van der Waals surface area contributed by atoms with Gasteiger partial charge in [0.05, 0.1) is 21.7 Å². The Bertz CT molecular complexity index is 345. The minimum absolute atomic E-state index is 0.241. The summed E-state index contributed by atoms with van der Waals surface area (Å²) < 4.78 is 1.12. The molecule has 0 aromatic carbocycles. The molecule has 1 rings (SSSR count). The largest absolute Gasteiger partial charge is 0.366 e. The molecule has 0 atom stereocenters. The third-order valence-electron chi connectivity index (χ3n) is 1.15. The molecule has 4 nitrogen and oxygen atoms in total. The van der Waals surface area contributed by atoms with E-state index in [-0.39, 0.29) is 5.56 Å². The van der Waals surface area contributed by atoms with Gasteiger partial charge in [-0.25, -0.2) is 3.59 Å². The lowest BCUT2D eigenvalue weighted by molar-refractivity contribution is 0.1000. The highest BCUT2D eigenvalue weighted by atomic mass is 79.9. The zero-order chi connectivity index (χ0) is 8.43. The Morgan fingerprint density at radius 3 is 2.64 bits per heavy atom. The summed E-state index contributed by atoms with van der Waals surface area (Å²) in [6.07, 6.45) is 1.32. The van der Waals surface area contributed by atoms with E-state index < -0.39 is 5.91 Å². The summed E-state index contributed by atoms with van der Waals surface area (Å²) in [6, 6.07) is 2.64. The maximum atomic E-state index is 10.8. The second-order valence-electron chi connectivity index (χ2n) is 1.93. The van der Waals surface area contributed by atoms with Crippen LogP contribution in [-0.2, 0) is 0 Å². The Morgan fingerprint density at radius 2 is 2.18 bits per heavy atom. The molecule has 0 aliphatic carbocycles. The van der Waals surface area contributed by atoms with Gasteiger partial charge in [0, 0.05) is 12.3 Å². The maximum absolute atomic E-state index is 10.8. The molecule has 1 aromatic rings. The SMILES string of the molecule is NC(=O)c1ccc(=O)n(Br)c1. The number of aromatic nitrogens is 1. The number of carbonyl (C=O) groups is 1. The number of amides is 1. The lowest BCUT2D eigenvalue weighted by Crippen LogP contribution is -2.16. The van der Waals surface area contributed by atoms with Crippen molar-refractivity contribution in [3.63, 3.8) is 0 Å². The summed E-state index contributed by atoms with van der Waals surface area (Å²) in [7, 11) is 0. The van der Waals surface area contributed by atoms with Crippen LogP contribution in [0, 0.1) is 0 Å². The topological polar surface area (TPSA) is 65.1 Å². The first kappa shape index (κ1) is 8.00. The Morgan fingerprint density at radius 1 is 1.55 bits per heavy atom. The van der Waals surface area contributed by atoms with Crippen LogP contribution < -0.4 is 11.3 Å². The molecule has 1 heterocycles. The van der Waals surface area contributed by atoms with Crippen molar-refractivity contribution in [3.05, 3.63) is 34.2 Å². The van der Waals surface area contributed by atoms with E-state index in [0.717, 1.165) is 3.59 Å². The summed E-state index contributed by atoms with van der Waals surface area (Å²) in [5.74, 6) is -0.557. The molecule has 2 N–H and O–H groups in total. The molecular weight excluding hydrogens is 212 g/mol. The fourth-order valence-electron chi connectivity index (χ4n) is 0.607. The van der Waals surface area contributed by atoms with Crippen LogP contribution in [0.3, 0.4) is 0 Å². The standard InChI is InChI=1S/C6H5BrN2O2/c7-9-3-4(6(8)11)1-2-5(9)10/h1-3H,(H2,8,11). The van der Waals surface area contributed by atoms with Gasteiger partial charge in [-0.3, -0.25) is 9.59 Å². The lowest BCUT2D eigenvalue weighted by Gasteiger charge is -1.95. The summed E-state index contributed by atoms with van der Waals surface area (Å²) in [6.45, 7) is 0. The molecule has 58 valence electrons. The molecule has 0 aliphatic rings. The van der Waals surface area contributed by atoms with E-state index in [1.54, 1.807) is 0 Å². The first-order valence-electron chi connectivity index (χ1n) is 2.80. The molecule has 1 aromatic heterocycles. The van der Waals surface area contributed by atoms with E-state index in [1.807, 2.05) is 0 Å². The molecule has 0 saturated heterocycles. The molecule has 11 heavy (non-hydrogen) atoms. The van der Waals surface area contributed by atoms with Crippen molar-refractivity contribution >= 4 is 22.1 Å². The number of primary amides is 1.